The lowest BCUT2D eigenvalue weighted by atomic mass is 10.2. The molecule has 0 aliphatic carbocycles. The van der Waals surface area contributed by atoms with Gasteiger partial charge in [-0.1, -0.05) is 12.2 Å². The van der Waals surface area contributed by atoms with Crippen LogP contribution in [-0.4, -0.2) is 16.8 Å². The van der Waals surface area contributed by atoms with Gasteiger partial charge in [-0.25, -0.2) is 0 Å². The van der Waals surface area contributed by atoms with E-state index in [0.29, 0.717) is 0 Å². The van der Waals surface area contributed by atoms with E-state index >= 15 is 0 Å². The van der Waals surface area contributed by atoms with Gasteiger partial charge in [-0.3, -0.25) is 4.79 Å². The molecule has 0 fully saturated rings. The first-order valence-corrected chi connectivity index (χ1v) is 3.78. The third kappa shape index (κ3) is 3.35. The predicted molar refractivity (Wildman–Crippen MR) is 47.3 cm³/mol. The zero-order valence-corrected chi connectivity index (χ0v) is 7.61. The van der Waals surface area contributed by atoms with Crippen LogP contribution in [0.25, 0.3) is 0 Å². The van der Waals surface area contributed by atoms with Crippen LogP contribution in [0.4, 0.5) is 0 Å². The molecule has 0 aromatic rings. The largest absolute Gasteiger partial charge is 0.465 e. The second kappa shape index (κ2) is 5.10. The maximum Gasteiger partial charge on any atom is 0.329 e. The summed E-state index contributed by atoms with van der Waals surface area (Å²) < 4.78 is 4.61. The maximum atomic E-state index is 10.8. The minimum Gasteiger partial charge on any atom is -0.465 e. The quantitative estimate of drug-likeness (QED) is 0.408. The van der Waals surface area contributed by atoms with Gasteiger partial charge in [0.25, 0.3) is 0 Å². The molecule has 0 aliphatic rings. The van der Waals surface area contributed by atoms with Gasteiger partial charge in [0.15, 0.2) is 5.92 Å². The average Bonchev–Trinajstić information content (AvgIpc) is 1.88. The standard InChI is InChI=1S/C6H7NO2S2/c1-2-9-5(8)4(3-7)6(10)11/h4H,2H2,1H3,(H,10,11). The number of nitrogens with zero attached hydrogens (tertiary/aromatic N) is 1. The Morgan fingerprint density at radius 3 is 2.73 bits per heavy atom. The number of hydrogen-bond acceptors (Lipinski definition) is 4. The first-order chi connectivity index (χ1) is 5.13. The maximum absolute atomic E-state index is 10.8. The van der Waals surface area contributed by atoms with E-state index in [1.54, 1.807) is 13.0 Å². The smallest absolute Gasteiger partial charge is 0.329 e. The molecule has 0 aliphatic heterocycles. The highest BCUT2D eigenvalue weighted by atomic mass is 32.1. The molecule has 0 amide bonds. The Kier molecular flexibility index (Phi) is 4.83. The molecule has 0 spiro atoms. The van der Waals surface area contributed by atoms with E-state index in [0.717, 1.165) is 0 Å². The summed E-state index contributed by atoms with van der Waals surface area (Å²) in [5.41, 5.74) is 0. The molecule has 3 nitrogen and oxygen atoms in total. The molecule has 0 saturated heterocycles. The molecule has 1 atom stereocenters. The van der Waals surface area contributed by atoms with Crippen LogP contribution in [0.1, 0.15) is 6.92 Å². The number of ether oxygens (including phenoxy) is 1. The van der Waals surface area contributed by atoms with Crippen molar-refractivity contribution in [2.75, 3.05) is 6.61 Å². The van der Waals surface area contributed by atoms with Crippen LogP contribution in [-0.2, 0) is 9.53 Å². The van der Waals surface area contributed by atoms with Crippen LogP contribution in [0.5, 0.6) is 0 Å². The summed E-state index contributed by atoms with van der Waals surface area (Å²) in [6, 6.07) is 1.69. The average molecular weight is 189 g/mol. The summed E-state index contributed by atoms with van der Waals surface area (Å²) in [5, 5.41) is 8.41. The second-order valence-electron chi connectivity index (χ2n) is 1.65. The third-order valence-corrected chi connectivity index (χ3v) is 1.39. The Morgan fingerprint density at radius 2 is 2.45 bits per heavy atom. The third-order valence-electron chi connectivity index (χ3n) is 0.898. The van der Waals surface area contributed by atoms with E-state index in [9.17, 15) is 4.79 Å². The van der Waals surface area contributed by atoms with Gasteiger partial charge in [0.05, 0.1) is 16.9 Å². The van der Waals surface area contributed by atoms with Gasteiger partial charge < -0.3 is 4.74 Å². The molecule has 1 unspecified atom stereocenters. The molecule has 0 rings (SSSR count). The van der Waals surface area contributed by atoms with Gasteiger partial charge >= 0.3 is 5.97 Å². The SMILES string of the molecule is CCOC(=O)C(C#N)C(=S)S. The lowest BCUT2D eigenvalue weighted by molar-refractivity contribution is -0.143. The van der Waals surface area contributed by atoms with Gasteiger partial charge in [0.2, 0.25) is 0 Å². The highest BCUT2D eigenvalue weighted by Gasteiger charge is 2.21. The Balaban J connectivity index is 4.18. The van der Waals surface area contributed by atoms with Crippen LogP contribution in [0.2, 0.25) is 0 Å². The normalized spacial score (nSPS) is 11.4. The summed E-state index contributed by atoms with van der Waals surface area (Å²) in [6.45, 7) is 1.90. The zero-order chi connectivity index (χ0) is 8.85. The number of carbonyl (C=O) groups is 1. The molecule has 5 heteroatoms. The fourth-order valence-electron chi connectivity index (χ4n) is 0.434. The van der Waals surface area contributed by atoms with E-state index in [4.69, 9.17) is 5.26 Å². The van der Waals surface area contributed by atoms with E-state index in [1.807, 2.05) is 0 Å². The van der Waals surface area contributed by atoms with Crippen molar-refractivity contribution in [1.29, 1.82) is 5.26 Å². The van der Waals surface area contributed by atoms with Crippen LogP contribution in [0.3, 0.4) is 0 Å². The van der Waals surface area contributed by atoms with Gasteiger partial charge in [-0.05, 0) is 6.92 Å². The molecular weight excluding hydrogens is 182 g/mol. The molecule has 0 aromatic heterocycles. The van der Waals surface area contributed by atoms with Crippen LogP contribution in [0.15, 0.2) is 0 Å². The first-order valence-electron chi connectivity index (χ1n) is 2.92. The van der Waals surface area contributed by atoms with Gasteiger partial charge in [-0.2, -0.15) is 5.26 Å². The Hall–Kier alpha value is -0.600. The molecule has 11 heavy (non-hydrogen) atoms. The van der Waals surface area contributed by atoms with Crippen molar-refractivity contribution in [3.8, 4) is 6.07 Å². The molecule has 0 heterocycles. The highest BCUT2D eigenvalue weighted by Crippen LogP contribution is 2.04. The van der Waals surface area contributed by atoms with Crippen molar-refractivity contribution in [2.45, 2.75) is 6.92 Å². The monoisotopic (exact) mass is 189 g/mol. The van der Waals surface area contributed by atoms with Crippen molar-refractivity contribution < 1.29 is 9.53 Å². The lowest BCUT2D eigenvalue weighted by Gasteiger charge is -2.04. The molecule has 0 radical (unpaired) electrons. The summed E-state index contributed by atoms with van der Waals surface area (Å²) in [5.74, 6) is -1.65. The summed E-state index contributed by atoms with van der Waals surface area (Å²) in [4.78, 5) is 10.8. The Morgan fingerprint density at radius 1 is 1.91 bits per heavy atom. The summed E-state index contributed by atoms with van der Waals surface area (Å²) in [7, 11) is 0. The topological polar surface area (TPSA) is 50.1 Å². The molecule has 0 saturated carbocycles. The van der Waals surface area contributed by atoms with E-state index in [2.05, 4.69) is 29.6 Å². The fourth-order valence-corrected chi connectivity index (χ4v) is 0.746. The van der Waals surface area contributed by atoms with Gasteiger partial charge in [0, 0.05) is 0 Å². The highest BCUT2D eigenvalue weighted by molar-refractivity contribution is 8.11. The number of carbonyl (C=O) groups excluding carboxylic acids is 1. The summed E-state index contributed by atoms with van der Waals surface area (Å²) in [6.07, 6.45) is 0. The predicted octanol–water partition coefficient (Wildman–Crippen LogP) is 0.946. The number of thiol groups is 1. The number of thiocarbonyl (C=S) groups is 1. The number of esters is 1. The fraction of sp³-hybridized carbons (Fsp3) is 0.500. The Labute approximate surface area is 75.7 Å². The molecule has 60 valence electrons. The number of hydrogen-bond donors (Lipinski definition) is 1. The first kappa shape index (κ1) is 10.4. The lowest BCUT2D eigenvalue weighted by Crippen LogP contribution is -2.20. The Bertz CT molecular complexity index is 209. The number of rotatable bonds is 3. The van der Waals surface area contributed by atoms with Crippen LogP contribution >= 0.6 is 24.8 Å². The van der Waals surface area contributed by atoms with Gasteiger partial charge in [-0.15, -0.1) is 12.6 Å². The molecule has 0 aromatic carbocycles. The van der Waals surface area contributed by atoms with Crippen molar-refractivity contribution in [1.82, 2.24) is 0 Å². The van der Waals surface area contributed by atoms with Crippen LogP contribution < -0.4 is 0 Å². The zero-order valence-electron chi connectivity index (χ0n) is 5.90. The van der Waals surface area contributed by atoms with Crippen molar-refractivity contribution in [3.63, 3.8) is 0 Å². The van der Waals surface area contributed by atoms with Crippen molar-refractivity contribution in [3.05, 3.63) is 0 Å². The molecule has 0 N–H and O–H groups in total. The van der Waals surface area contributed by atoms with E-state index in [-0.39, 0.29) is 10.8 Å². The summed E-state index contributed by atoms with van der Waals surface area (Å²) >= 11 is 8.26. The van der Waals surface area contributed by atoms with Crippen LogP contribution in [0, 0.1) is 17.2 Å². The van der Waals surface area contributed by atoms with E-state index < -0.39 is 11.9 Å². The second-order valence-corrected chi connectivity index (χ2v) is 2.88. The van der Waals surface area contributed by atoms with Crippen molar-refractivity contribution >= 4 is 35.0 Å². The van der Waals surface area contributed by atoms with Crippen molar-refractivity contribution in [2.24, 2.45) is 5.92 Å². The van der Waals surface area contributed by atoms with Gasteiger partial charge in [0.1, 0.15) is 0 Å². The number of nitriles is 1. The molecular formula is C6H7NO2S2. The minimum atomic E-state index is -1.02. The minimum absolute atomic E-state index is 0.0472. The molecule has 0 bridgehead atoms. The van der Waals surface area contributed by atoms with E-state index in [1.165, 1.54) is 0 Å².